The number of esters is 1. The highest BCUT2D eigenvalue weighted by Crippen LogP contribution is 2.34. The molecular formula is C22H23F4NO3. The van der Waals surface area contributed by atoms with Crippen LogP contribution in [0.5, 0.6) is 0 Å². The Morgan fingerprint density at radius 1 is 1.00 bits per heavy atom. The fraction of sp³-hybridized carbons (Fsp3) is 0.364. The number of nitrogens with zero attached hydrogens (tertiary/aromatic N) is 1. The van der Waals surface area contributed by atoms with Crippen molar-refractivity contribution >= 4 is 17.6 Å². The minimum Gasteiger partial charge on any atom is -0.459 e. The first-order valence-corrected chi connectivity index (χ1v) is 9.17. The number of hydrogen-bond donors (Lipinski definition) is 0. The van der Waals surface area contributed by atoms with Crippen molar-refractivity contribution in [3.63, 3.8) is 0 Å². The van der Waals surface area contributed by atoms with Crippen molar-refractivity contribution in [1.82, 2.24) is 0 Å². The Morgan fingerprint density at radius 2 is 1.63 bits per heavy atom. The van der Waals surface area contributed by atoms with Crippen molar-refractivity contribution < 1.29 is 31.9 Å². The average Bonchev–Trinajstić information content (AvgIpc) is 2.59. The number of carbonyl (C=O) groups excluding carboxylic acids is 2. The topological polar surface area (TPSA) is 46.6 Å². The predicted molar refractivity (Wildman–Crippen MR) is 105 cm³/mol. The standard InChI is InChI=1S/C22H23F4NO3/c1-13-9-10-15(11-14(13)2)27(12-18(28)30-21(3,4)5)20(29)19-16(22(24,25)26)7-6-8-17(19)23/h6-11H,12H2,1-5H3. The summed E-state index contributed by atoms with van der Waals surface area (Å²) >= 11 is 0. The van der Waals surface area contributed by atoms with Crippen molar-refractivity contribution in [2.24, 2.45) is 0 Å². The van der Waals surface area contributed by atoms with Crippen molar-refractivity contribution in [3.8, 4) is 0 Å². The van der Waals surface area contributed by atoms with Crippen LogP contribution in [0, 0.1) is 19.7 Å². The van der Waals surface area contributed by atoms with Gasteiger partial charge in [0, 0.05) is 5.69 Å². The second kappa shape index (κ2) is 8.45. The monoisotopic (exact) mass is 425 g/mol. The smallest absolute Gasteiger partial charge is 0.417 e. The van der Waals surface area contributed by atoms with E-state index in [1.807, 2.05) is 6.92 Å². The summed E-state index contributed by atoms with van der Waals surface area (Å²) in [6.45, 7) is 7.74. The summed E-state index contributed by atoms with van der Waals surface area (Å²) in [6.07, 6.45) is -4.95. The highest BCUT2D eigenvalue weighted by molar-refractivity contribution is 6.09. The SMILES string of the molecule is Cc1ccc(N(CC(=O)OC(C)(C)C)C(=O)c2c(F)cccc2C(F)(F)F)cc1C. The van der Waals surface area contributed by atoms with Crippen molar-refractivity contribution in [2.75, 3.05) is 11.4 Å². The maximum absolute atomic E-state index is 14.4. The van der Waals surface area contributed by atoms with Gasteiger partial charge in [-0.05, 0) is 70.0 Å². The van der Waals surface area contributed by atoms with Gasteiger partial charge in [0.15, 0.2) is 0 Å². The van der Waals surface area contributed by atoms with E-state index in [0.717, 1.165) is 28.2 Å². The summed E-state index contributed by atoms with van der Waals surface area (Å²) in [4.78, 5) is 26.3. The van der Waals surface area contributed by atoms with Crippen LogP contribution in [0.4, 0.5) is 23.2 Å². The van der Waals surface area contributed by atoms with Crippen molar-refractivity contribution in [2.45, 2.75) is 46.4 Å². The maximum atomic E-state index is 14.4. The summed E-state index contributed by atoms with van der Waals surface area (Å²) in [7, 11) is 0. The van der Waals surface area contributed by atoms with E-state index in [1.54, 1.807) is 39.8 Å². The molecule has 0 saturated heterocycles. The molecule has 0 aliphatic rings. The first-order chi connectivity index (χ1) is 13.7. The van der Waals surface area contributed by atoms with E-state index in [2.05, 4.69) is 0 Å². The minimum absolute atomic E-state index is 0.158. The molecule has 0 aliphatic heterocycles. The molecule has 162 valence electrons. The number of benzene rings is 2. The number of anilines is 1. The number of amides is 1. The highest BCUT2D eigenvalue weighted by atomic mass is 19.4. The molecule has 2 aromatic carbocycles. The third-order valence-corrected chi connectivity index (χ3v) is 4.29. The summed E-state index contributed by atoms with van der Waals surface area (Å²) in [5, 5.41) is 0. The quantitative estimate of drug-likeness (QED) is 0.483. The zero-order valence-electron chi connectivity index (χ0n) is 17.4. The highest BCUT2D eigenvalue weighted by Gasteiger charge is 2.38. The van der Waals surface area contributed by atoms with Gasteiger partial charge in [-0.15, -0.1) is 0 Å². The lowest BCUT2D eigenvalue weighted by Gasteiger charge is -2.27. The van der Waals surface area contributed by atoms with Crippen LogP contribution in [-0.4, -0.2) is 24.0 Å². The van der Waals surface area contributed by atoms with Crippen LogP contribution in [-0.2, 0) is 15.7 Å². The lowest BCUT2D eigenvalue weighted by Crippen LogP contribution is -2.40. The first kappa shape index (κ1) is 23.4. The molecule has 0 bridgehead atoms. The molecule has 0 aromatic heterocycles. The molecule has 2 aromatic rings. The van der Waals surface area contributed by atoms with Crippen molar-refractivity contribution in [1.29, 1.82) is 0 Å². The zero-order valence-corrected chi connectivity index (χ0v) is 17.4. The van der Waals surface area contributed by atoms with Crippen molar-refractivity contribution in [3.05, 3.63) is 64.5 Å². The molecule has 0 radical (unpaired) electrons. The number of carbonyl (C=O) groups is 2. The fourth-order valence-electron chi connectivity index (χ4n) is 2.79. The normalized spacial score (nSPS) is 11.9. The lowest BCUT2D eigenvalue weighted by atomic mass is 10.0. The number of alkyl halides is 3. The Bertz CT molecular complexity index is 962. The van der Waals surface area contributed by atoms with E-state index >= 15 is 0 Å². The number of ether oxygens (including phenoxy) is 1. The molecule has 0 fully saturated rings. The molecule has 0 atom stereocenters. The molecule has 30 heavy (non-hydrogen) atoms. The Labute approximate surface area is 172 Å². The molecule has 0 aliphatic carbocycles. The molecule has 0 saturated carbocycles. The summed E-state index contributed by atoms with van der Waals surface area (Å²) in [5.41, 5.74) is -1.64. The van der Waals surface area contributed by atoms with Crippen LogP contribution in [0.25, 0.3) is 0 Å². The molecule has 8 heteroatoms. The molecule has 1 amide bonds. The predicted octanol–water partition coefficient (Wildman–Crippen LogP) is 5.45. The van der Waals surface area contributed by atoms with E-state index in [1.165, 1.54) is 6.07 Å². The first-order valence-electron chi connectivity index (χ1n) is 9.17. The lowest BCUT2D eigenvalue weighted by molar-refractivity contribution is -0.152. The van der Waals surface area contributed by atoms with E-state index in [9.17, 15) is 27.2 Å². The molecule has 0 heterocycles. The molecule has 4 nitrogen and oxygen atoms in total. The van der Waals surface area contributed by atoms with E-state index in [4.69, 9.17) is 4.74 Å². The van der Waals surface area contributed by atoms with Gasteiger partial charge in [0.05, 0.1) is 11.1 Å². The van der Waals surface area contributed by atoms with E-state index in [0.29, 0.717) is 6.07 Å². The Morgan fingerprint density at radius 3 is 2.17 bits per heavy atom. The Balaban J connectivity index is 2.58. The van der Waals surface area contributed by atoms with Gasteiger partial charge in [-0.3, -0.25) is 14.5 Å². The molecular weight excluding hydrogens is 402 g/mol. The summed E-state index contributed by atoms with van der Waals surface area (Å²) < 4.78 is 59.9. The van der Waals surface area contributed by atoms with Crippen LogP contribution in [0.1, 0.15) is 47.8 Å². The summed E-state index contributed by atoms with van der Waals surface area (Å²) in [6, 6.07) is 6.97. The second-order valence-corrected chi connectivity index (χ2v) is 7.91. The summed E-state index contributed by atoms with van der Waals surface area (Å²) in [5.74, 6) is -3.44. The third kappa shape index (κ3) is 5.58. The maximum Gasteiger partial charge on any atom is 0.417 e. The fourth-order valence-corrected chi connectivity index (χ4v) is 2.79. The van der Waals surface area contributed by atoms with Crippen LogP contribution in [0.3, 0.4) is 0 Å². The minimum atomic E-state index is -4.95. The van der Waals surface area contributed by atoms with Gasteiger partial charge in [-0.2, -0.15) is 13.2 Å². The zero-order chi connectivity index (χ0) is 22.9. The van der Waals surface area contributed by atoms with Crippen LogP contribution in [0.15, 0.2) is 36.4 Å². The molecule has 2 rings (SSSR count). The molecule has 0 N–H and O–H groups in total. The number of halogens is 4. The average molecular weight is 425 g/mol. The van der Waals surface area contributed by atoms with Gasteiger partial charge in [0.2, 0.25) is 0 Å². The van der Waals surface area contributed by atoms with Crippen LogP contribution in [0.2, 0.25) is 0 Å². The Hall–Kier alpha value is -2.90. The number of hydrogen-bond acceptors (Lipinski definition) is 3. The van der Waals surface area contributed by atoms with Crippen LogP contribution < -0.4 is 4.90 Å². The number of rotatable bonds is 4. The van der Waals surface area contributed by atoms with Gasteiger partial charge in [-0.1, -0.05) is 12.1 Å². The second-order valence-electron chi connectivity index (χ2n) is 7.91. The molecule has 0 unspecified atom stereocenters. The van der Waals surface area contributed by atoms with Gasteiger partial charge in [-0.25, -0.2) is 4.39 Å². The largest absolute Gasteiger partial charge is 0.459 e. The number of aryl methyl sites for hydroxylation is 2. The van der Waals surface area contributed by atoms with Crippen LogP contribution >= 0.6 is 0 Å². The van der Waals surface area contributed by atoms with Gasteiger partial charge in [0.25, 0.3) is 5.91 Å². The van der Waals surface area contributed by atoms with Gasteiger partial charge in [0.1, 0.15) is 18.0 Å². The Kier molecular flexibility index (Phi) is 6.59. The van der Waals surface area contributed by atoms with Gasteiger partial charge < -0.3 is 4.74 Å². The van der Waals surface area contributed by atoms with E-state index in [-0.39, 0.29) is 5.69 Å². The van der Waals surface area contributed by atoms with Gasteiger partial charge >= 0.3 is 12.1 Å². The van der Waals surface area contributed by atoms with E-state index < -0.39 is 47.1 Å². The third-order valence-electron chi connectivity index (χ3n) is 4.29. The molecule has 0 spiro atoms.